The first kappa shape index (κ1) is 16.2. The fourth-order valence-corrected chi connectivity index (χ4v) is 3.36. The molecule has 118 valence electrons. The van der Waals surface area contributed by atoms with Crippen molar-refractivity contribution in [3.05, 3.63) is 6.33 Å². The molecule has 21 heavy (non-hydrogen) atoms. The molecule has 8 heteroatoms. The van der Waals surface area contributed by atoms with Gasteiger partial charge < -0.3 is 10.4 Å². The van der Waals surface area contributed by atoms with E-state index in [1.165, 1.54) is 6.33 Å². The van der Waals surface area contributed by atoms with Crippen LogP contribution in [0.25, 0.3) is 0 Å². The number of aliphatic hydroxyl groups excluding tert-OH is 1. The molecule has 1 heterocycles. The number of tetrazole rings is 1. The quantitative estimate of drug-likeness (QED) is 0.764. The van der Waals surface area contributed by atoms with Crippen molar-refractivity contribution in [2.24, 2.45) is 0 Å². The second-order valence-corrected chi connectivity index (χ2v) is 6.47. The summed E-state index contributed by atoms with van der Waals surface area (Å²) in [6.07, 6.45) is 8.88. The van der Waals surface area contributed by atoms with Crippen LogP contribution in [-0.2, 0) is 10.3 Å². The first-order valence-electron chi connectivity index (χ1n) is 7.37. The molecule has 1 amide bonds. The van der Waals surface area contributed by atoms with E-state index < -0.39 is 5.54 Å². The number of nitrogens with zero attached hydrogens (tertiary/aromatic N) is 4. The summed E-state index contributed by atoms with van der Waals surface area (Å²) in [5.41, 5.74) is -0.700. The fraction of sp³-hybridized carbons (Fsp3) is 0.846. The Kier molecular flexibility index (Phi) is 5.98. The first-order valence-corrected chi connectivity index (χ1v) is 8.76. The molecule has 7 nitrogen and oxygen atoms in total. The summed E-state index contributed by atoms with van der Waals surface area (Å²) in [6.45, 7) is -0.0437. The lowest BCUT2D eigenvalue weighted by atomic mass is 9.81. The zero-order chi connectivity index (χ0) is 15.1. The minimum Gasteiger partial charge on any atom is -0.394 e. The molecule has 0 aromatic carbocycles. The van der Waals surface area contributed by atoms with E-state index in [2.05, 4.69) is 20.8 Å². The van der Waals surface area contributed by atoms with Crippen LogP contribution < -0.4 is 5.32 Å². The van der Waals surface area contributed by atoms with E-state index in [9.17, 15) is 9.90 Å². The third-order valence-corrected chi connectivity index (χ3v) is 4.76. The van der Waals surface area contributed by atoms with Crippen LogP contribution in [0, 0.1) is 0 Å². The minimum atomic E-state index is -0.700. The molecular weight excluding hydrogens is 290 g/mol. The van der Waals surface area contributed by atoms with E-state index >= 15 is 0 Å². The van der Waals surface area contributed by atoms with Crippen LogP contribution >= 0.6 is 11.8 Å². The Balaban J connectivity index is 2.11. The molecule has 1 aromatic heterocycles. The number of carbonyl (C=O) groups excluding carboxylic acids is 1. The van der Waals surface area contributed by atoms with Gasteiger partial charge in [-0.1, -0.05) is 19.3 Å². The van der Waals surface area contributed by atoms with Crippen molar-refractivity contribution in [2.75, 3.05) is 18.6 Å². The summed E-state index contributed by atoms with van der Waals surface area (Å²) in [4.78, 5) is 12.8. The summed E-state index contributed by atoms with van der Waals surface area (Å²) < 4.78 is 1.59. The average Bonchev–Trinajstić information content (AvgIpc) is 3.06. The molecule has 0 aliphatic heterocycles. The molecule has 1 aliphatic rings. The number of aromatic nitrogens is 4. The van der Waals surface area contributed by atoms with E-state index in [1.807, 2.05) is 6.26 Å². The third-order valence-electron chi connectivity index (χ3n) is 4.12. The smallest absolute Gasteiger partial charge is 0.248 e. The third kappa shape index (κ3) is 3.74. The Morgan fingerprint density at radius 2 is 2.24 bits per heavy atom. The predicted octanol–water partition coefficient (Wildman–Crippen LogP) is 0.563. The van der Waals surface area contributed by atoms with Gasteiger partial charge in [0.1, 0.15) is 11.9 Å². The molecular formula is C13H23N5O2S. The molecule has 0 saturated heterocycles. The molecule has 1 unspecified atom stereocenters. The van der Waals surface area contributed by atoms with E-state index in [4.69, 9.17) is 0 Å². The largest absolute Gasteiger partial charge is 0.394 e. The molecule has 1 atom stereocenters. The van der Waals surface area contributed by atoms with E-state index in [0.29, 0.717) is 0 Å². The molecule has 0 spiro atoms. The Hall–Kier alpha value is -1.15. The van der Waals surface area contributed by atoms with Crippen LogP contribution in [0.4, 0.5) is 0 Å². The normalized spacial score (nSPS) is 19.1. The van der Waals surface area contributed by atoms with Gasteiger partial charge in [-0.05, 0) is 41.7 Å². The number of amides is 1. The molecule has 2 N–H and O–H groups in total. The standard InChI is InChI=1S/C13H23N5O2S/c1-21-8-5-11(9-19)15-12(20)13(6-3-2-4-7-13)18-10-14-16-17-18/h10-11,19H,2-9H2,1H3,(H,15,20). The monoisotopic (exact) mass is 313 g/mol. The van der Waals surface area contributed by atoms with E-state index in [1.54, 1.807) is 16.4 Å². The van der Waals surface area contributed by atoms with Gasteiger partial charge in [0.25, 0.3) is 0 Å². The van der Waals surface area contributed by atoms with Gasteiger partial charge in [-0.2, -0.15) is 11.8 Å². The fourth-order valence-electron chi connectivity index (χ4n) is 2.84. The van der Waals surface area contributed by atoms with Crippen molar-refractivity contribution in [3.8, 4) is 0 Å². The molecule has 0 bridgehead atoms. The summed E-state index contributed by atoms with van der Waals surface area (Å²) in [5.74, 6) is 0.832. The van der Waals surface area contributed by atoms with Gasteiger partial charge in [0.05, 0.1) is 12.6 Å². The zero-order valence-electron chi connectivity index (χ0n) is 12.4. The second-order valence-electron chi connectivity index (χ2n) is 5.48. The Labute approximate surface area is 128 Å². The van der Waals surface area contributed by atoms with Crippen molar-refractivity contribution in [1.29, 1.82) is 0 Å². The van der Waals surface area contributed by atoms with Crippen molar-refractivity contribution in [1.82, 2.24) is 25.5 Å². The van der Waals surface area contributed by atoms with Gasteiger partial charge in [-0.25, -0.2) is 4.68 Å². The number of aliphatic hydroxyl groups is 1. The Morgan fingerprint density at radius 1 is 1.48 bits per heavy atom. The van der Waals surface area contributed by atoms with E-state index in [0.717, 1.165) is 44.3 Å². The summed E-state index contributed by atoms with van der Waals surface area (Å²) in [6, 6.07) is -0.208. The number of nitrogens with one attached hydrogen (secondary N) is 1. The van der Waals surface area contributed by atoms with Crippen LogP contribution in [0.15, 0.2) is 6.33 Å². The predicted molar refractivity (Wildman–Crippen MR) is 80.9 cm³/mol. The summed E-state index contributed by atoms with van der Waals surface area (Å²) >= 11 is 1.70. The number of hydrogen-bond donors (Lipinski definition) is 2. The topological polar surface area (TPSA) is 92.9 Å². The van der Waals surface area contributed by atoms with Crippen LogP contribution in [0.3, 0.4) is 0 Å². The van der Waals surface area contributed by atoms with Gasteiger partial charge in [-0.3, -0.25) is 4.79 Å². The molecule has 1 aromatic rings. The number of thioether (sulfide) groups is 1. The van der Waals surface area contributed by atoms with E-state index in [-0.39, 0.29) is 18.6 Å². The number of rotatable bonds is 7. The maximum absolute atomic E-state index is 12.8. The SMILES string of the molecule is CSCCC(CO)NC(=O)C1(n2cnnn2)CCCCC1. The van der Waals surface area contributed by atoms with Crippen LogP contribution in [-0.4, -0.2) is 55.9 Å². The minimum absolute atomic E-state index is 0.0437. The van der Waals surface area contributed by atoms with Crippen molar-refractivity contribution in [2.45, 2.75) is 50.1 Å². The lowest BCUT2D eigenvalue weighted by Gasteiger charge is -2.36. The number of hydrogen-bond acceptors (Lipinski definition) is 6. The van der Waals surface area contributed by atoms with Crippen LogP contribution in [0.5, 0.6) is 0 Å². The molecule has 1 saturated carbocycles. The highest BCUT2D eigenvalue weighted by molar-refractivity contribution is 7.98. The molecule has 1 aliphatic carbocycles. The van der Waals surface area contributed by atoms with Crippen molar-refractivity contribution in [3.63, 3.8) is 0 Å². The van der Waals surface area contributed by atoms with Gasteiger partial charge in [-0.15, -0.1) is 5.10 Å². The summed E-state index contributed by atoms with van der Waals surface area (Å²) in [5, 5.41) is 23.7. The lowest BCUT2D eigenvalue weighted by molar-refractivity contribution is -0.133. The highest BCUT2D eigenvalue weighted by Crippen LogP contribution is 2.34. The van der Waals surface area contributed by atoms with Gasteiger partial charge in [0.2, 0.25) is 5.91 Å². The number of carbonyl (C=O) groups is 1. The molecule has 2 rings (SSSR count). The molecule has 0 radical (unpaired) electrons. The van der Waals surface area contributed by atoms with Crippen LogP contribution in [0.1, 0.15) is 38.5 Å². The van der Waals surface area contributed by atoms with Crippen molar-refractivity contribution < 1.29 is 9.90 Å². The van der Waals surface area contributed by atoms with Gasteiger partial charge in [0, 0.05) is 0 Å². The van der Waals surface area contributed by atoms with Gasteiger partial charge in [0.15, 0.2) is 0 Å². The zero-order valence-corrected chi connectivity index (χ0v) is 13.2. The maximum atomic E-state index is 12.8. The Bertz CT molecular complexity index is 434. The van der Waals surface area contributed by atoms with Crippen LogP contribution in [0.2, 0.25) is 0 Å². The van der Waals surface area contributed by atoms with Crippen molar-refractivity contribution >= 4 is 17.7 Å². The highest BCUT2D eigenvalue weighted by atomic mass is 32.2. The first-order chi connectivity index (χ1) is 10.2. The molecule has 1 fully saturated rings. The van der Waals surface area contributed by atoms with Gasteiger partial charge >= 0.3 is 0 Å². The maximum Gasteiger partial charge on any atom is 0.248 e. The highest BCUT2D eigenvalue weighted by Gasteiger charge is 2.43. The Morgan fingerprint density at radius 3 is 2.81 bits per heavy atom. The average molecular weight is 313 g/mol. The summed E-state index contributed by atoms with van der Waals surface area (Å²) in [7, 11) is 0. The second kappa shape index (κ2) is 7.74. The lowest BCUT2D eigenvalue weighted by Crippen LogP contribution is -2.53.